The largest absolute Gasteiger partial charge is 0.494 e. The van der Waals surface area contributed by atoms with Crippen LogP contribution in [0.5, 0.6) is 5.75 Å². The maximum Gasteiger partial charge on any atom is 0.163 e. The Morgan fingerprint density at radius 1 is 0.844 bits per heavy atom. The molecule has 2 aliphatic rings. The number of ether oxygens (including phenoxy) is 1. The zero-order valence-corrected chi connectivity index (χ0v) is 18.3. The monoisotopic (exact) mass is 424 g/mol. The summed E-state index contributed by atoms with van der Waals surface area (Å²) < 4.78 is 5.76. The molecule has 5 rings (SSSR count). The van der Waals surface area contributed by atoms with Crippen LogP contribution in [0.4, 0.5) is 11.4 Å². The van der Waals surface area contributed by atoms with Gasteiger partial charge in [0, 0.05) is 17.7 Å². The number of hydrogen-bond acceptors (Lipinski definition) is 4. The van der Waals surface area contributed by atoms with Gasteiger partial charge < -0.3 is 15.4 Å². The molecular formula is C28H28N2O2. The molecule has 4 heteroatoms. The van der Waals surface area contributed by atoms with Crippen LogP contribution in [-0.2, 0) is 4.79 Å². The predicted molar refractivity (Wildman–Crippen MR) is 129 cm³/mol. The Bertz CT molecular complexity index is 1140. The second kappa shape index (κ2) is 8.91. The van der Waals surface area contributed by atoms with Gasteiger partial charge in [0.05, 0.1) is 24.0 Å². The molecule has 2 atom stereocenters. The maximum absolute atomic E-state index is 13.5. The van der Waals surface area contributed by atoms with Crippen LogP contribution in [0.2, 0.25) is 0 Å². The summed E-state index contributed by atoms with van der Waals surface area (Å²) in [6, 6.07) is 26.5. The lowest BCUT2D eigenvalue weighted by atomic mass is 9.78. The number of para-hydroxylation sites is 2. The third-order valence-corrected chi connectivity index (χ3v) is 6.27. The highest BCUT2D eigenvalue weighted by atomic mass is 16.5. The van der Waals surface area contributed by atoms with Gasteiger partial charge in [-0.1, -0.05) is 61.5 Å². The molecule has 3 aromatic rings. The molecule has 0 unspecified atom stereocenters. The van der Waals surface area contributed by atoms with Crippen LogP contribution in [0.15, 0.2) is 90.1 Å². The second-order valence-corrected chi connectivity index (χ2v) is 8.50. The molecule has 1 heterocycles. The molecular weight excluding hydrogens is 396 g/mol. The topological polar surface area (TPSA) is 50.4 Å². The van der Waals surface area contributed by atoms with Gasteiger partial charge in [-0.15, -0.1) is 0 Å². The van der Waals surface area contributed by atoms with Crippen molar-refractivity contribution in [2.45, 2.75) is 38.1 Å². The molecule has 1 aliphatic heterocycles. The third-order valence-electron chi connectivity index (χ3n) is 6.27. The van der Waals surface area contributed by atoms with Crippen LogP contribution >= 0.6 is 0 Å². The SMILES string of the molecule is CCCOc1ccc([C@@H]2Nc3ccccc3NC3=C2C(=O)C[C@H](c2ccccc2)C3)cc1. The van der Waals surface area contributed by atoms with Crippen molar-refractivity contribution in [3.8, 4) is 5.75 Å². The number of carbonyl (C=O) groups is 1. The molecule has 0 saturated carbocycles. The number of allylic oxidation sites excluding steroid dienone is 1. The van der Waals surface area contributed by atoms with Crippen molar-refractivity contribution in [1.82, 2.24) is 0 Å². The van der Waals surface area contributed by atoms with Crippen molar-refractivity contribution >= 4 is 17.2 Å². The molecule has 0 fully saturated rings. The van der Waals surface area contributed by atoms with Crippen molar-refractivity contribution in [2.24, 2.45) is 0 Å². The van der Waals surface area contributed by atoms with Gasteiger partial charge in [0.2, 0.25) is 0 Å². The summed E-state index contributed by atoms with van der Waals surface area (Å²) in [4.78, 5) is 13.5. The number of Topliss-reactive ketones (excluding diaryl/α,β-unsaturated/α-hetero) is 1. The number of carbonyl (C=O) groups excluding carboxylic acids is 1. The molecule has 2 N–H and O–H groups in total. The van der Waals surface area contributed by atoms with E-state index in [0.29, 0.717) is 13.0 Å². The van der Waals surface area contributed by atoms with E-state index in [2.05, 4.69) is 54.0 Å². The standard InChI is InChI=1S/C28H28N2O2/c1-2-16-32-22-14-12-20(13-15-22)28-27-25(29-23-10-6-7-11-24(23)30-28)17-21(18-26(27)31)19-8-4-3-5-9-19/h3-15,21,28-30H,2,16-18H2,1H3/t21-,28+/m1/s1. The van der Waals surface area contributed by atoms with Crippen LogP contribution in [0.25, 0.3) is 0 Å². The summed E-state index contributed by atoms with van der Waals surface area (Å²) in [5, 5.41) is 7.24. The van der Waals surface area contributed by atoms with Crippen molar-refractivity contribution in [1.29, 1.82) is 0 Å². The summed E-state index contributed by atoms with van der Waals surface area (Å²) in [6.45, 7) is 2.80. The molecule has 0 amide bonds. The Morgan fingerprint density at radius 3 is 2.31 bits per heavy atom. The van der Waals surface area contributed by atoms with Gasteiger partial charge in [-0.2, -0.15) is 0 Å². The highest BCUT2D eigenvalue weighted by molar-refractivity contribution is 6.01. The number of rotatable bonds is 5. The fourth-order valence-corrected chi connectivity index (χ4v) is 4.68. The Balaban J connectivity index is 1.54. The van der Waals surface area contributed by atoms with E-state index < -0.39 is 0 Å². The summed E-state index contributed by atoms with van der Waals surface area (Å²) in [7, 11) is 0. The fraction of sp³-hybridized carbons (Fsp3) is 0.250. The van der Waals surface area contributed by atoms with Gasteiger partial charge in [-0.3, -0.25) is 4.79 Å². The molecule has 0 saturated heterocycles. The van der Waals surface area contributed by atoms with Crippen LogP contribution in [0.1, 0.15) is 49.3 Å². The van der Waals surface area contributed by atoms with Crippen molar-refractivity contribution in [2.75, 3.05) is 17.2 Å². The van der Waals surface area contributed by atoms with Crippen molar-refractivity contribution in [3.63, 3.8) is 0 Å². The highest BCUT2D eigenvalue weighted by Gasteiger charge is 2.35. The molecule has 162 valence electrons. The van der Waals surface area contributed by atoms with Crippen molar-refractivity contribution < 1.29 is 9.53 Å². The second-order valence-electron chi connectivity index (χ2n) is 8.50. The number of benzene rings is 3. The smallest absolute Gasteiger partial charge is 0.163 e. The molecule has 3 aromatic carbocycles. The van der Waals surface area contributed by atoms with E-state index in [-0.39, 0.29) is 17.7 Å². The lowest BCUT2D eigenvalue weighted by Gasteiger charge is -2.30. The van der Waals surface area contributed by atoms with E-state index in [9.17, 15) is 4.79 Å². The average Bonchev–Trinajstić information content (AvgIpc) is 3.00. The summed E-state index contributed by atoms with van der Waals surface area (Å²) in [5.74, 6) is 1.24. The van der Waals surface area contributed by atoms with Crippen LogP contribution in [-0.4, -0.2) is 12.4 Å². The summed E-state index contributed by atoms with van der Waals surface area (Å²) in [5.41, 5.74) is 6.15. The lowest BCUT2D eigenvalue weighted by Crippen LogP contribution is -2.26. The van der Waals surface area contributed by atoms with Gasteiger partial charge in [0.25, 0.3) is 0 Å². The Kier molecular flexibility index (Phi) is 5.68. The van der Waals surface area contributed by atoms with E-state index in [4.69, 9.17) is 4.74 Å². The Labute approximate surface area is 189 Å². The first-order valence-corrected chi connectivity index (χ1v) is 11.4. The van der Waals surface area contributed by atoms with E-state index in [1.165, 1.54) is 5.56 Å². The highest BCUT2D eigenvalue weighted by Crippen LogP contribution is 2.44. The van der Waals surface area contributed by atoms with Gasteiger partial charge >= 0.3 is 0 Å². The quantitative estimate of drug-likeness (QED) is 0.494. The first-order valence-electron chi connectivity index (χ1n) is 11.4. The normalized spacial score (nSPS) is 19.8. The zero-order valence-electron chi connectivity index (χ0n) is 18.3. The van der Waals surface area contributed by atoms with Gasteiger partial charge in [-0.05, 0) is 54.2 Å². The Hall–Kier alpha value is -3.53. The average molecular weight is 425 g/mol. The van der Waals surface area contributed by atoms with Gasteiger partial charge in [-0.25, -0.2) is 0 Å². The first-order chi connectivity index (χ1) is 15.7. The van der Waals surface area contributed by atoms with E-state index in [0.717, 1.165) is 46.8 Å². The van der Waals surface area contributed by atoms with E-state index in [1.54, 1.807) is 0 Å². The number of anilines is 2. The van der Waals surface area contributed by atoms with Gasteiger partial charge in [0.1, 0.15) is 5.75 Å². The number of ketones is 1. The molecule has 0 spiro atoms. The summed E-state index contributed by atoms with van der Waals surface area (Å²) in [6.07, 6.45) is 2.31. The molecule has 0 aromatic heterocycles. The number of hydrogen-bond donors (Lipinski definition) is 2. The summed E-state index contributed by atoms with van der Waals surface area (Å²) >= 11 is 0. The lowest BCUT2D eigenvalue weighted by molar-refractivity contribution is -0.116. The Morgan fingerprint density at radius 2 is 1.56 bits per heavy atom. The van der Waals surface area contributed by atoms with Crippen LogP contribution in [0, 0.1) is 0 Å². The minimum Gasteiger partial charge on any atom is -0.494 e. The molecule has 0 bridgehead atoms. The number of fused-ring (bicyclic) bond motifs is 1. The predicted octanol–water partition coefficient (Wildman–Crippen LogP) is 6.45. The minimum absolute atomic E-state index is 0.186. The molecule has 1 aliphatic carbocycles. The molecule has 32 heavy (non-hydrogen) atoms. The maximum atomic E-state index is 13.5. The minimum atomic E-state index is -0.203. The van der Waals surface area contributed by atoms with Crippen LogP contribution in [0.3, 0.4) is 0 Å². The molecule has 4 nitrogen and oxygen atoms in total. The van der Waals surface area contributed by atoms with Crippen molar-refractivity contribution in [3.05, 3.63) is 101 Å². The fourth-order valence-electron chi connectivity index (χ4n) is 4.68. The third kappa shape index (κ3) is 4.01. The molecule has 0 radical (unpaired) electrons. The number of nitrogens with one attached hydrogen (secondary N) is 2. The van der Waals surface area contributed by atoms with Crippen LogP contribution < -0.4 is 15.4 Å². The van der Waals surface area contributed by atoms with E-state index >= 15 is 0 Å². The van der Waals surface area contributed by atoms with Gasteiger partial charge in [0.15, 0.2) is 5.78 Å². The zero-order chi connectivity index (χ0) is 21.9. The first kappa shape index (κ1) is 20.4. The van der Waals surface area contributed by atoms with E-state index in [1.807, 2.05) is 42.5 Å².